The smallest absolute Gasteiger partial charge is 0.154 e. The molecule has 0 spiro atoms. The molecule has 0 saturated carbocycles. The number of nitrogens with two attached hydrogens (primary N) is 1. The van der Waals surface area contributed by atoms with E-state index < -0.39 is 0 Å². The monoisotopic (exact) mass is 256 g/mol. The van der Waals surface area contributed by atoms with Gasteiger partial charge in [-0.3, -0.25) is 0 Å². The zero-order chi connectivity index (χ0) is 10.7. The van der Waals surface area contributed by atoms with Crippen molar-refractivity contribution in [3.63, 3.8) is 0 Å². The molecule has 78 valence electrons. The summed E-state index contributed by atoms with van der Waals surface area (Å²) >= 11 is 9.14. The summed E-state index contributed by atoms with van der Waals surface area (Å²) in [6.07, 6.45) is 1.80. The van der Waals surface area contributed by atoms with Crippen LogP contribution >= 0.6 is 34.7 Å². The first-order chi connectivity index (χ1) is 7.29. The largest absolute Gasteiger partial charge is 0.326 e. The van der Waals surface area contributed by atoms with Gasteiger partial charge in [0.25, 0.3) is 0 Å². The van der Waals surface area contributed by atoms with Crippen molar-refractivity contribution < 1.29 is 0 Å². The number of nitrogens with zero attached hydrogens (tertiary/aromatic N) is 1. The van der Waals surface area contributed by atoms with Gasteiger partial charge in [-0.15, -0.1) is 11.3 Å². The molecule has 1 aromatic heterocycles. The average Bonchev–Trinajstić information content (AvgIpc) is 2.73. The number of aromatic nitrogens is 1. The Morgan fingerprint density at radius 1 is 1.47 bits per heavy atom. The van der Waals surface area contributed by atoms with Crippen molar-refractivity contribution in [3.8, 4) is 0 Å². The molecule has 2 aromatic rings. The van der Waals surface area contributed by atoms with Crippen LogP contribution in [0.25, 0.3) is 0 Å². The van der Waals surface area contributed by atoms with E-state index in [1.807, 2.05) is 23.6 Å². The fourth-order valence-corrected chi connectivity index (χ4v) is 3.06. The van der Waals surface area contributed by atoms with E-state index in [-0.39, 0.29) is 0 Å². The Morgan fingerprint density at radius 2 is 2.33 bits per heavy atom. The molecule has 0 aliphatic heterocycles. The Hall–Kier alpha value is -0.550. The first-order valence-corrected chi connectivity index (χ1v) is 6.43. The summed E-state index contributed by atoms with van der Waals surface area (Å²) in [7, 11) is 0. The quantitative estimate of drug-likeness (QED) is 0.915. The molecule has 0 aliphatic rings. The van der Waals surface area contributed by atoms with Crippen LogP contribution < -0.4 is 5.73 Å². The van der Waals surface area contributed by atoms with Crippen LogP contribution in [-0.4, -0.2) is 4.98 Å². The second kappa shape index (κ2) is 4.99. The van der Waals surface area contributed by atoms with Gasteiger partial charge < -0.3 is 5.73 Å². The van der Waals surface area contributed by atoms with Crippen molar-refractivity contribution in [1.29, 1.82) is 0 Å². The van der Waals surface area contributed by atoms with Gasteiger partial charge in [0.05, 0.1) is 0 Å². The Balaban J connectivity index is 2.28. The van der Waals surface area contributed by atoms with Gasteiger partial charge in [-0.25, -0.2) is 4.98 Å². The number of benzene rings is 1. The van der Waals surface area contributed by atoms with Gasteiger partial charge in [-0.2, -0.15) is 0 Å². The standard InChI is InChI=1S/C10H9ClN2S2/c11-8-1-2-9(7(5-8)6-12)15-10-13-3-4-14-10/h1-5H,6,12H2. The molecule has 0 radical (unpaired) electrons. The minimum absolute atomic E-state index is 0.494. The summed E-state index contributed by atoms with van der Waals surface area (Å²) in [6.45, 7) is 0.494. The summed E-state index contributed by atoms with van der Waals surface area (Å²) in [5.41, 5.74) is 6.72. The topological polar surface area (TPSA) is 38.9 Å². The Kier molecular flexibility index (Phi) is 3.64. The van der Waals surface area contributed by atoms with Crippen molar-refractivity contribution >= 4 is 34.7 Å². The van der Waals surface area contributed by atoms with Gasteiger partial charge in [0.2, 0.25) is 0 Å². The van der Waals surface area contributed by atoms with Gasteiger partial charge in [-0.1, -0.05) is 23.4 Å². The van der Waals surface area contributed by atoms with Crippen LogP contribution in [0.15, 0.2) is 39.0 Å². The van der Waals surface area contributed by atoms with E-state index >= 15 is 0 Å². The summed E-state index contributed by atoms with van der Waals surface area (Å²) < 4.78 is 1.02. The first kappa shape index (κ1) is 11.0. The van der Waals surface area contributed by atoms with Crippen molar-refractivity contribution in [1.82, 2.24) is 4.98 Å². The lowest BCUT2D eigenvalue weighted by Gasteiger charge is -2.05. The zero-order valence-corrected chi connectivity index (χ0v) is 10.2. The van der Waals surface area contributed by atoms with E-state index in [1.165, 1.54) is 0 Å². The van der Waals surface area contributed by atoms with Gasteiger partial charge in [0.1, 0.15) is 0 Å². The van der Waals surface area contributed by atoms with E-state index in [4.69, 9.17) is 17.3 Å². The third-order valence-corrected chi connectivity index (χ3v) is 4.09. The number of thiazole rings is 1. The predicted octanol–water partition coefficient (Wildman–Crippen LogP) is 3.41. The van der Waals surface area contributed by atoms with E-state index in [2.05, 4.69) is 4.98 Å². The van der Waals surface area contributed by atoms with Crippen LogP contribution in [0.4, 0.5) is 0 Å². The minimum Gasteiger partial charge on any atom is -0.326 e. The molecule has 15 heavy (non-hydrogen) atoms. The molecule has 0 atom stereocenters. The normalized spacial score (nSPS) is 10.5. The SMILES string of the molecule is NCc1cc(Cl)ccc1Sc1nccs1. The maximum absolute atomic E-state index is 5.90. The van der Waals surface area contributed by atoms with E-state index in [9.17, 15) is 0 Å². The van der Waals surface area contributed by atoms with Crippen LogP contribution in [0.5, 0.6) is 0 Å². The highest BCUT2D eigenvalue weighted by atomic mass is 35.5. The molecular weight excluding hydrogens is 248 g/mol. The van der Waals surface area contributed by atoms with Gasteiger partial charge in [0, 0.05) is 28.0 Å². The molecule has 1 aromatic carbocycles. The minimum atomic E-state index is 0.494. The Morgan fingerprint density at radius 3 is 3.00 bits per heavy atom. The van der Waals surface area contributed by atoms with Crippen molar-refractivity contribution in [2.75, 3.05) is 0 Å². The van der Waals surface area contributed by atoms with E-state index in [0.717, 1.165) is 19.8 Å². The van der Waals surface area contributed by atoms with Gasteiger partial charge >= 0.3 is 0 Å². The van der Waals surface area contributed by atoms with Gasteiger partial charge in [-0.05, 0) is 23.8 Å². The highest BCUT2D eigenvalue weighted by molar-refractivity contribution is 8.01. The van der Waals surface area contributed by atoms with Crippen LogP contribution in [0.3, 0.4) is 0 Å². The summed E-state index contributed by atoms with van der Waals surface area (Å²) in [5, 5.41) is 2.68. The molecule has 2 rings (SSSR count). The second-order valence-electron chi connectivity index (χ2n) is 2.86. The number of halogens is 1. The highest BCUT2D eigenvalue weighted by Gasteiger charge is 2.05. The molecule has 0 bridgehead atoms. The van der Waals surface area contributed by atoms with Crippen molar-refractivity contribution in [3.05, 3.63) is 40.4 Å². The molecule has 0 unspecified atom stereocenters. The van der Waals surface area contributed by atoms with E-state index in [0.29, 0.717) is 6.54 Å². The number of hydrogen-bond acceptors (Lipinski definition) is 4. The molecule has 0 saturated heterocycles. The first-order valence-electron chi connectivity index (χ1n) is 4.35. The zero-order valence-electron chi connectivity index (χ0n) is 7.81. The molecular formula is C10H9ClN2S2. The lowest BCUT2D eigenvalue weighted by molar-refractivity contribution is 1.03. The number of rotatable bonds is 3. The van der Waals surface area contributed by atoms with Crippen LogP contribution in [0, 0.1) is 0 Å². The molecule has 2 nitrogen and oxygen atoms in total. The highest BCUT2D eigenvalue weighted by Crippen LogP contribution is 2.32. The Labute approximate surface area is 101 Å². The fourth-order valence-electron chi connectivity index (χ4n) is 1.16. The fraction of sp³-hybridized carbons (Fsp3) is 0.100. The number of hydrogen-bond donors (Lipinski definition) is 1. The predicted molar refractivity (Wildman–Crippen MR) is 65.6 cm³/mol. The lowest BCUT2D eigenvalue weighted by Crippen LogP contribution is -1.98. The van der Waals surface area contributed by atoms with Crippen molar-refractivity contribution in [2.45, 2.75) is 15.8 Å². The van der Waals surface area contributed by atoms with Crippen LogP contribution in [0.2, 0.25) is 5.02 Å². The Bertz CT molecular complexity index is 443. The van der Waals surface area contributed by atoms with Crippen LogP contribution in [0.1, 0.15) is 5.56 Å². The third-order valence-electron chi connectivity index (χ3n) is 1.85. The van der Waals surface area contributed by atoms with Crippen LogP contribution in [-0.2, 0) is 6.54 Å². The van der Waals surface area contributed by atoms with Gasteiger partial charge in [0.15, 0.2) is 4.34 Å². The van der Waals surface area contributed by atoms with Crippen molar-refractivity contribution in [2.24, 2.45) is 5.73 Å². The maximum atomic E-state index is 5.90. The summed E-state index contributed by atoms with van der Waals surface area (Å²) in [4.78, 5) is 5.34. The summed E-state index contributed by atoms with van der Waals surface area (Å²) in [6, 6.07) is 5.75. The lowest BCUT2D eigenvalue weighted by atomic mass is 10.2. The molecule has 2 N–H and O–H groups in total. The molecule has 0 amide bonds. The molecule has 1 heterocycles. The average molecular weight is 257 g/mol. The third kappa shape index (κ3) is 2.72. The molecule has 0 fully saturated rings. The second-order valence-corrected chi connectivity index (χ2v) is 5.48. The maximum Gasteiger partial charge on any atom is 0.154 e. The molecule has 5 heteroatoms. The van der Waals surface area contributed by atoms with E-state index in [1.54, 1.807) is 29.3 Å². The molecule has 0 aliphatic carbocycles. The summed E-state index contributed by atoms with van der Waals surface area (Å²) in [5.74, 6) is 0.